The SMILES string of the molecule is CS(=O)(=O)NCCNC1(CC#N)CC23CCCCC2=CN2C=CCCC2=C3O1. The largest absolute Gasteiger partial charge is 0.473 e. The summed E-state index contributed by atoms with van der Waals surface area (Å²) in [5.74, 6) is 1.04. The van der Waals surface area contributed by atoms with Crippen molar-refractivity contribution in [2.45, 2.75) is 57.1 Å². The number of fused-ring (bicyclic) bond motifs is 1. The van der Waals surface area contributed by atoms with Crippen LogP contribution in [-0.2, 0) is 14.8 Å². The highest BCUT2D eigenvalue weighted by Gasteiger charge is 2.58. The Hall–Kier alpha value is -1.82. The topological polar surface area (TPSA) is 94.5 Å². The number of nitrogens with one attached hydrogen (secondary N) is 2. The first-order valence-electron chi connectivity index (χ1n) is 10.0. The zero-order chi connectivity index (χ0) is 19.8. The lowest BCUT2D eigenvalue weighted by Gasteiger charge is -2.42. The fraction of sp³-hybridized carbons (Fsp3) is 0.650. The molecule has 0 aromatic carbocycles. The number of allylic oxidation sites excluding steroid dienone is 3. The number of rotatable bonds is 6. The van der Waals surface area contributed by atoms with E-state index in [0.717, 1.165) is 50.5 Å². The van der Waals surface area contributed by atoms with Crippen LogP contribution in [0.5, 0.6) is 0 Å². The summed E-state index contributed by atoms with van der Waals surface area (Å²) in [5, 5.41) is 12.9. The molecule has 2 unspecified atom stereocenters. The summed E-state index contributed by atoms with van der Waals surface area (Å²) < 4.78 is 31.8. The zero-order valence-electron chi connectivity index (χ0n) is 16.3. The van der Waals surface area contributed by atoms with Crippen molar-refractivity contribution in [3.63, 3.8) is 0 Å². The fourth-order valence-electron chi connectivity index (χ4n) is 5.08. The van der Waals surface area contributed by atoms with Crippen molar-refractivity contribution in [3.05, 3.63) is 35.5 Å². The molecule has 4 rings (SSSR count). The van der Waals surface area contributed by atoms with E-state index in [0.29, 0.717) is 6.54 Å². The summed E-state index contributed by atoms with van der Waals surface area (Å²) in [5.41, 5.74) is 1.72. The Balaban J connectivity index is 1.64. The summed E-state index contributed by atoms with van der Waals surface area (Å²) in [7, 11) is -3.24. The van der Waals surface area contributed by atoms with Gasteiger partial charge in [-0.15, -0.1) is 0 Å². The number of nitriles is 1. The van der Waals surface area contributed by atoms with Gasteiger partial charge in [0.25, 0.3) is 0 Å². The minimum Gasteiger partial charge on any atom is -0.473 e. The molecule has 4 aliphatic rings. The predicted octanol–water partition coefficient (Wildman–Crippen LogP) is 2.43. The van der Waals surface area contributed by atoms with E-state index >= 15 is 0 Å². The van der Waals surface area contributed by atoms with E-state index < -0.39 is 15.7 Å². The van der Waals surface area contributed by atoms with Crippen molar-refractivity contribution in [1.82, 2.24) is 14.9 Å². The lowest BCUT2D eigenvalue weighted by atomic mass is 9.65. The van der Waals surface area contributed by atoms with Gasteiger partial charge in [-0.25, -0.2) is 13.1 Å². The third-order valence-electron chi connectivity index (χ3n) is 6.22. The van der Waals surface area contributed by atoms with Gasteiger partial charge in [-0.2, -0.15) is 5.26 Å². The average molecular weight is 405 g/mol. The Labute approximate surface area is 167 Å². The van der Waals surface area contributed by atoms with Gasteiger partial charge in [0, 0.05) is 31.9 Å². The second kappa shape index (κ2) is 7.21. The van der Waals surface area contributed by atoms with E-state index in [4.69, 9.17) is 4.74 Å². The van der Waals surface area contributed by atoms with E-state index in [1.54, 1.807) is 0 Å². The minimum atomic E-state index is -3.24. The number of ether oxygens (including phenoxy) is 1. The summed E-state index contributed by atoms with van der Waals surface area (Å²) in [6.07, 6.45) is 15.1. The van der Waals surface area contributed by atoms with Crippen LogP contribution in [-0.4, -0.2) is 38.4 Å². The van der Waals surface area contributed by atoms with E-state index in [1.807, 2.05) is 0 Å². The normalized spacial score (nSPS) is 31.4. The van der Waals surface area contributed by atoms with Crippen LogP contribution in [0, 0.1) is 16.7 Å². The van der Waals surface area contributed by atoms with Gasteiger partial charge >= 0.3 is 0 Å². The first kappa shape index (κ1) is 19.5. The van der Waals surface area contributed by atoms with Crippen molar-refractivity contribution in [3.8, 4) is 6.07 Å². The molecular weight excluding hydrogens is 376 g/mol. The second-order valence-electron chi connectivity index (χ2n) is 8.25. The number of nitrogens with zero attached hydrogens (tertiary/aromatic N) is 2. The third-order valence-corrected chi connectivity index (χ3v) is 6.95. The second-order valence-corrected chi connectivity index (χ2v) is 10.1. The standard InChI is InChI=1S/C20H28N4O3S/c1-28(25,26)23-12-11-22-20(9-10-21)15-19-8-4-2-6-16(19)14-24-13-5-3-7-17(24)18(19)27-20/h5,13-14,22-23H,2-4,6-9,11-12,15H2,1H3. The summed E-state index contributed by atoms with van der Waals surface area (Å²) in [6, 6.07) is 2.29. The molecule has 28 heavy (non-hydrogen) atoms. The van der Waals surface area contributed by atoms with Gasteiger partial charge in [-0.1, -0.05) is 12.5 Å². The van der Waals surface area contributed by atoms with Crippen LogP contribution in [0.4, 0.5) is 0 Å². The van der Waals surface area contributed by atoms with Crippen molar-refractivity contribution >= 4 is 10.0 Å². The van der Waals surface area contributed by atoms with Crippen LogP contribution in [0.2, 0.25) is 0 Å². The van der Waals surface area contributed by atoms with Crippen LogP contribution in [0.25, 0.3) is 0 Å². The van der Waals surface area contributed by atoms with Crippen molar-refractivity contribution in [1.29, 1.82) is 5.26 Å². The molecule has 1 aliphatic carbocycles. The molecule has 0 amide bonds. The van der Waals surface area contributed by atoms with E-state index in [-0.39, 0.29) is 18.4 Å². The van der Waals surface area contributed by atoms with Crippen molar-refractivity contribution < 1.29 is 13.2 Å². The lowest BCUT2D eigenvalue weighted by Crippen LogP contribution is -2.48. The van der Waals surface area contributed by atoms with Gasteiger partial charge in [-0.05, 0) is 37.7 Å². The predicted molar refractivity (Wildman–Crippen MR) is 106 cm³/mol. The molecule has 2 N–H and O–H groups in total. The lowest BCUT2D eigenvalue weighted by molar-refractivity contribution is 0.00889. The van der Waals surface area contributed by atoms with Crippen molar-refractivity contribution in [2.75, 3.05) is 19.3 Å². The monoisotopic (exact) mass is 404 g/mol. The van der Waals surface area contributed by atoms with Gasteiger partial charge in [0.2, 0.25) is 10.0 Å². The molecule has 0 radical (unpaired) electrons. The molecule has 7 nitrogen and oxygen atoms in total. The van der Waals surface area contributed by atoms with Gasteiger partial charge in [-0.3, -0.25) is 5.32 Å². The zero-order valence-corrected chi connectivity index (χ0v) is 17.1. The van der Waals surface area contributed by atoms with Crippen LogP contribution >= 0.6 is 0 Å². The molecule has 2 fully saturated rings. The number of hydrogen-bond donors (Lipinski definition) is 2. The minimum absolute atomic E-state index is 0.122. The van der Waals surface area contributed by atoms with Crippen LogP contribution in [0.3, 0.4) is 0 Å². The van der Waals surface area contributed by atoms with Crippen LogP contribution < -0.4 is 10.0 Å². The smallest absolute Gasteiger partial charge is 0.208 e. The molecule has 152 valence electrons. The first-order chi connectivity index (χ1) is 13.4. The highest BCUT2D eigenvalue weighted by atomic mass is 32.2. The third kappa shape index (κ3) is 3.47. The molecule has 1 saturated heterocycles. The van der Waals surface area contributed by atoms with Crippen LogP contribution in [0.15, 0.2) is 35.5 Å². The molecule has 0 bridgehead atoms. The van der Waals surface area contributed by atoms with E-state index in [2.05, 4.69) is 39.5 Å². The maximum Gasteiger partial charge on any atom is 0.208 e. The number of sulfonamides is 1. The molecule has 3 heterocycles. The Morgan fingerprint density at radius 1 is 1.32 bits per heavy atom. The van der Waals surface area contributed by atoms with E-state index in [1.165, 1.54) is 17.7 Å². The summed E-state index contributed by atoms with van der Waals surface area (Å²) in [6.45, 7) is 0.682. The molecule has 0 aromatic rings. The molecule has 3 aliphatic heterocycles. The van der Waals surface area contributed by atoms with E-state index in [9.17, 15) is 13.7 Å². The Bertz CT molecular complexity index is 886. The molecular formula is C20H28N4O3S. The molecule has 8 heteroatoms. The van der Waals surface area contributed by atoms with Gasteiger partial charge < -0.3 is 9.64 Å². The average Bonchev–Trinajstić information content (AvgIpc) is 2.97. The van der Waals surface area contributed by atoms with Gasteiger partial charge in [0.15, 0.2) is 5.72 Å². The highest BCUT2D eigenvalue weighted by Crippen LogP contribution is 2.61. The Morgan fingerprint density at radius 2 is 2.18 bits per heavy atom. The van der Waals surface area contributed by atoms with Crippen LogP contribution in [0.1, 0.15) is 51.4 Å². The molecule has 2 atom stereocenters. The maximum atomic E-state index is 11.3. The van der Waals surface area contributed by atoms with Gasteiger partial charge in [0.1, 0.15) is 5.76 Å². The Morgan fingerprint density at radius 3 is 2.96 bits per heavy atom. The molecule has 0 aromatic heterocycles. The fourth-order valence-corrected chi connectivity index (χ4v) is 5.56. The van der Waals surface area contributed by atoms with Crippen molar-refractivity contribution in [2.24, 2.45) is 5.41 Å². The summed E-state index contributed by atoms with van der Waals surface area (Å²) in [4.78, 5) is 2.20. The quantitative estimate of drug-likeness (QED) is 0.661. The summed E-state index contributed by atoms with van der Waals surface area (Å²) >= 11 is 0. The molecule has 1 spiro atoms. The Kier molecular flexibility index (Phi) is 5.02. The molecule has 1 saturated carbocycles. The van der Waals surface area contributed by atoms with Gasteiger partial charge in [0.05, 0.1) is 29.9 Å². The first-order valence-corrected chi connectivity index (χ1v) is 11.9. The number of hydrogen-bond acceptors (Lipinski definition) is 6. The highest BCUT2D eigenvalue weighted by molar-refractivity contribution is 7.88. The maximum absolute atomic E-state index is 11.3.